The first-order valence-corrected chi connectivity index (χ1v) is 11.8. The minimum absolute atomic E-state index is 0.263. The molecule has 0 heterocycles. The second-order valence-electron chi connectivity index (χ2n) is 3.96. The molecule has 0 aliphatic heterocycles. The summed E-state index contributed by atoms with van der Waals surface area (Å²) in [6.07, 6.45) is 3.39. The van der Waals surface area contributed by atoms with E-state index in [-0.39, 0.29) is 7.12 Å². The molecule has 2 aromatic carbocycles. The van der Waals surface area contributed by atoms with Crippen molar-refractivity contribution >= 4 is 49.1 Å². The summed E-state index contributed by atoms with van der Waals surface area (Å²) in [7, 11) is 3.11. The van der Waals surface area contributed by atoms with Gasteiger partial charge >= 0.3 is 0 Å². The van der Waals surface area contributed by atoms with Gasteiger partial charge in [-0.1, -0.05) is 23.5 Å². The van der Waals surface area contributed by atoms with Gasteiger partial charge < -0.3 is 9.47 Å². The van der Waals surface area contributed by atoms with Gasteiger partial charge in [-0.3, -0.25) is 0 Å². The van der Waals surface area contributed by atoms with E-state index in [9.17, 15) is 0 Å². The van der Waals surface area contributed by atoms with Crippen LogP contribution in [-0.4, -0.2) is 33.4 Å². The summed E-state index contributed by atoms with van der Waals surface area (Å²) in [6, 6.07) is 16.5. The van der Waals surface area contributed by atoms with Crippen LogP contribution in [0.2, 0.25) is 0 Å². The molecule has 0 N–H and O–H groups in total. The molecule has 0 saturated heterocycles. The predicted molar refractivity (Wildman–Crippen MR) is 114 cm³/mol. The maximum atomic E-state index is 5.18. The molecule has 0 bridgehead atoms. The number of thiol groups is 2. The van der Waals surface area contributed by atoms with E-state index in [1.54, 1.807) is 26.7 Å². The lowest BCUT2D eigenvalue weighted by Crippen LogP contribution is -1.97. The second kappa shape index (κ2) is 13.9. The summed E-state index contributed by atoms with van der Waals surface area (Å²) in [5.41, 5.74) is 0. The molecular formula is C17H25O2PS3. The summed E-state index contributed by atoms with van der Waals surface area (Å²) >= 11 is 8.95. The van der Waals surface area contributed by atoms with E-state index < -0.39 is 0 Å². The molecule has 23 heavy (non-hydrogen) atoms. The zero-order chi connectivity index (χ0) is 17.7. The molecule has 0 amide bonds. The smallest absolute Gasteiger partial charge is 0.118 e. The van der Waals surface area contributed by atoms with Crippen LogP contribution in [0.25, 0.3) is 0 Å². The van der Waals surface area contributed by atoms with Crippen LogP contribution in [0.4, 0.5) is 0 Å². The molecular weight excluding hydrogens is 363 g/mol. The van der Waals surface area contributed by atoms with E-state index in [0.29, 0.717) is 0 Å². The number of benzene rings is 2. The topological polar surface area (TPSA) is 18.5 Å². The lowest BCUT2D eigenvalue weighted by molar-refractivity contribution is 0.414. The highest BCUT2D eigenvalue weighted by Gasteiger charge is 2.07. The summed E-state index contributed by atoms with van der Waals surface area (Å²) in [4.78, 5) is 1.27. The molecule has 2 aromatic rings. The number of hydrogen-bond donors (Lipinski definition) is 2. The number of ether oxygens (including phenoxy) is 2. The molecule has 0 spiro atoms. The minimum atomic E-state index is -0.263. The lowest BCUT2D eigenvalue weighted by Gasteiger charge is -2.12. The van der Waals surface area contributed by atoms with Gasteiger partial charge in [-0.25, -0.2) is 0 Å². The molecule has 0 fully saturated rings. The van der Waals surface area contributed by atoms with E-state index in [0.717, 1.165) is 11.5 Å². The van der Waals surface area contributed by atoms with Crippen molar-refractivity contribution in [2.24, 2.45) is 0 Å². The van der Waals surface area contributed by atoms with E-state index in [4.69, 9.17) is 9.47 Å². The van der Waals surface area contributed by atoms with Crippen molar-refractivity contribution in [2.75, 3.05) is 33.4 Å². The monoisotopic (exact) mass is 388 g/mol. The molecule has 128 valence electrons. The van der Waals surface area contributed by atoms with Crippen molar-refractivity contribution in [2.45, 2.75) is 4.90 Å². The Morgan fingerprint density at radius 3 is 1.52 bits per heavy atom. The molecule has 2 rings (SSSR count). The molecule has 1 atom stereocenters. The Balaban J connectivity index is 0.00000112. The molecule has 0 radical (unpaired) electrons. The van der Waals surface area contributed by atoms with Gasteiger partial charge in [0.05, 0.1) is 14.2 Å². The quantitative estimate of drug-likeness (QED) is 0.539. The third-order valence-electron chi connectivity index (χ3n) is 2.74. The molecule has 0 saturated carbocycles. The van der Waals surface area contributed by atoms with Crippen LogP contribution in [0.3, 0.4) is 0 Å². The average molecular weight is 389 g/mol. The van der Waals surface area contributed by atoms with Gasteiger partial charge in [0.2, 0.25) is 0 Å². The Morgan fingerprint density at radius 2 is 1.13 bits per heavy atom. The molecule has 2 nitrogen and oxygen atoms in total. The van der Waals surface area contributed by atoms with Gasteiger partial charge in [-0.2, -0.15) is 25.3 Å². The van der Waals surface area contributed by atoms with Crippen molar-refractivity contribution in [3.8, 4) is 11.5 Å². The highest BCUT2D eigenvalue weighted by molar-refractivity contribution is 8.57. The Labute approximate surface area is 156 Å². The van der Waals surface area contributed by atoms with Gasteiger partial charge in [0.1, 0.15) is 11.5 Å². The molecule has 1 unspecified atom stereocenters. The normalized spacial score (nSPS) is 10.4. The number of methoxy groups -OCH3 is 2. The number of hydrogen-bond acceptors (Lipinski definition) is 5. The highest BCUT2D eigenvalue weighted by atomic mass is 32.7. The van der Waals surface area contributed by atoms with Crippen molar-refractivity contribution in [1.29, 1.82) is 0 Å². The predicted octanol–water partition coefficient (Wildman–Crippen LogP) is 5.24. The van der Waals surface area contributed by atoms with Crippen LogP contribution in [0.15, 0.2) is 53.4 Å². The Kier molecular flexibility index (Phi) is 13.6. The van der Waals surface area contributed by atoms with Crippen LogP contribution >= 0.6 is 43.8 Å². The molecule has 0 aliphatic carbocycles. The summed E-state index contributed by atoms with van der Waals surface area (Å²) in [5, 5.41) is 1.36. The molecule has 6 heteroatoms. The van der Waals surface area contributed by atoms with Crippen LogP contribution in [0, 0.1) is 0 Å². The zero-order valence-corrected chi connectivity index (χ0v) is 17.7. The molecule has 0 aromatic heterocycles. The van der Waals surface area contributed by atoms with Crippen LogP contribution in [0.1, 0.15) is 0 Å². The van der Waals surface area contributed by atoms with Crippen molar-refractivity contribution in [3.63, 3.8) is 0 Å². The highest BCUT2D eigenvalue weighted by Crippen LogP contribution is 2.49. The van der Waals surface area contributed by atoms with E-state index in [2.05, 4.69) is 56.2 Å². The van der Waals surface area contributed by atoms with Crippen LogP contribution in [0.5, 0.6) is 11.5 Å². The largest absolute Gasteiger partial charge is 0.497 e. The summed E-state index contributed by atoms with van der Waals surface area (Å²) in [5.74, 6) is 1.80. The van der Waals surface area contributed by atoms with Gasteiger partial charge in [-0.15, -0.1) is 0 Å². The van der Waals surface area contributed by atoms with E-state index in [1.165, 1.54) is 10.2 Å². The Morgan fingerprint density at radius 1 is 0.739 bits per heavy atom. The van der Waals surface area contributed by atoms with E-state index >= 15 is 0 Å². The zero-order valence-electron chi connectivity index (χ0n) is 14.2. The maximum absolute atomic E-state index is 5.18. The van der Waals surface area contributed by atoms with E-state index in [1.807, 2.05) is 35.6 Å². The Bertz CT molecular complexity index is 518. The third kappa shape index (κ3) is 8.25. The average Bonchev–Trinajstić information content (AvgIpc) is 2.65. The first kappa shape index (κ1) is 22.5. The number of rotatable bonds is 5. The van der Waals surface area contributed by atoms with Crippen LogP contribution in [-0.2, 0) is 0 Å². The van der Waals surface area contributed by atoms with Crippen molar-refractivity contribution in [1.82, 2.24) is 0 Å². The van der Waals surface area contributed by atoms with Gasteiger partial charge in [0.25, 0.3) is 0 Å². The fourth-order valence-electron chi connectivity index (χ4n) is 1.64. The fourth-order valence-corrected chi connectivity index (χ4v) is 4.88. The third-order valence-corrected chi connectivity index (χ3v) is 6.61. The lowest BCUT2D eigenvalue weighted by atomic mass is 10.3. The van der Waals surface area contributed by atoms with Gasteiger partial charge in [-0.05, 0) is 68.0 Å². The van der Waals surface area contributed by atoms with Gasteiger partial charge in [0.15, 0.2) is 0 Å². The summed E-state index contributed by atoms with van der Waals surface area (Å²) < 4.78 is 10.3. The fraction of sp³-hybridized carbons (Fsp3) is 0.294. The Hall–Kier alpha value is -0.480. The first-order valence-electron chi connectivity index (χ1n) is 6.82. The standard InChI is InChI=1S/C15H17O2PS.2CH4S/c1-16-12-4-8-14(9-5-12)18(3)19-15-10-6-13(17-2)7-11-15;2*1-2/h4-11H,1-3H3;2*2H,1H3. The summed E-state index contributed by atoms with van der Waals surface area (Å²) in [6.45, 7) is 2.27. The van der Waals surface area contributed by atoms with Gasteiger partial charge in [0, 0.05) is 4.90 Å². The van der Waals surface area contributed by atoms with Crippen molar-refractivity contribution < 1.29 is 9.47 Å². The van der Waals surface area contributed by atoms with Crippen LogP contribution < -0.4 is 14.8 Å². The SMILES string of the molecule is COc1ccc(SP(C)c2ccc(OC)cc2)cc1.CS.CS. The second-order valence-corrected chi connectivity index (χ2v) is 8.32. The van der Waals surface area contributed by atoms with Crippen molar-refractivity contribution in [3.05, 3.63) is 48.5 Å². The molecule has 0 aliphatic rings. The maximum Gasteiger partial charge on any atom is 0.118 e. The minimum Gasteiger partial charge on any atom is -0.497 e. The first-order chi connectivity index (χ1) is 11.2.